The van der Waals surface area contributed by atoms with Crippen LogP contribution in [0.3, 0.4) is 0 Å². The SMILES string of the molecule is C=CCN1CCC(NC(=NC)NCC(C)(C)c2cccc(F)c2)CC1. The normalized spacial score (nSPS) is 17.4. The van der Waals surface area contributed by atoms with Crippen molar-refractivity contribution >= 4 is 5.96 Å². The first-order valence-electron chi connectivity index (χ1n) is 9.01. The van der Waals surface area contributed by atoms with Gasteiger partial charge in [-0.2, -0.15) is 0 Å². The average Bonchev–Trinajstić information content (AvgIpc) is 2.60. The molecule has 1 heterocycles. The van der Waals surface area contributed by atoms with Gasteiger partial charge in [-0.15, -0.1) is 6.58 Å². The van der Waals surface area contributed by atoms with Gasteiger partial charge in [0.15, 0.2) is 5.96 Å². The van der Waals surface area contributed by atoms with Crippen molar-refractivity contribution in [2.75, 3.05) is 33.2 Å². The summed E-state index contributed by atoms with van der Waals surface area (Å²) in [4.78, 5) is 6.75. The number of nitrogens with one attached hydrogen (secondary N) is 2. The number of benzene rings is 1. The third-order valence-corrected chi connectivity index (χ3v) is 4.84. The highest BCUT2D eigenvalue weighted by Crippen LogP contribution is 2.22. The molecule has 0 spiro atoms. The Morgan fingerprint density at radius 1 is 1.40 bits per heavy atom. The first-order valence-corrected chi connectivity index (χ1v) is 9.01. The van der Waals surface area contributed by atoms with Crippen molar-refractivity contribution in [3.05, 3.63) is 48.3 Å². The maximum absolute atomic E-state index is 13.5. The second-order valence-electron chi connectivity index (χ2n) is 7.33. The minimum absolute atomic E-state index is 0.187. The molecular weight excluding hydrogens is 315 g/mol. The molecule has 1 fully saturated rings. The number of nitrogens with zero attached hydrogens (tertiary/aromatic N) is 2. The van der Waals surface area contributed by atoms with Crippen LogP contribution < -0.4 is 10.6 Å². The highest BCUT2D eigenvalue weighted by Gasteiger charge is 2.23. The summed E-state index contributed by atoms with van der Waals surface area (Å²) in [7, 11) is 1.79. The van der Waals surface area contributed by atoms with Gasteiger partial charge in [-0.25, -0.2) is 4.39 Å². The lowest BCUT2D eigenvalue weighted by atomic mass is 9.84. The van der Waals surface area contributed by atoms with E-state index in [4.69, 9.17) is 0 Å². The number of likely N-dealkylation sites (tertiary alicyclic amines) is 1. The minimum Gasteiger partial charge on any atom is -0.356 e. The van der Waals surface area contributed by atoms with Crippen LogP contribution in [0.15, 0.2) is 41.9 Å². The third kappa shape index (κ3) is 5.85. The van der Waals surface area contributed by atoms with Gasteiger partial charge in [0.05, 0.1) is 0 Å². The van der Waals surface area contributed by atoms with Gasteiger partial charge >= 0.3 is 0 Å². The Balaban J connectivity index is 1.85. The minimum atomic E-state index is -0.195. The lowest BCUT2D eigenvalue weighted by Gasteiger charge is -2.33. The number of rotatable bonds is 6. The van der Waals surface area contributed by atoms with E-state index in [1.165, 1.54) is 6.07 Å². The number of piperidine rings is 1. The van der Waals surface area contributed by atoms with Gasteiger partial charge < -0.3 is 10.6 Å². The lowest BCUT2D eigenvalue weighted by molar-refractivity contribution is 0.225. The average molecular weight is 346 g/mol. The van der Waals surface area contributed by atoms with Crippen molar-refractivity contribution in [2.24, 2.45) is 4.99 Å². The first kappa shape index (κ1) is 19.4. The molecule has 2 rings (SSSR count). The fourth-order valence-corrected chi connectivity index (χ4v) is 3.15. The summed E-state index contributed by atoms with van der Waals surface area (Å²) in [6, 6.07) is 7.25. The zero-order valence-corrected chi connectivity index (χ0v) is 15.7. The Morgan fingerprint density at radius 3 is 2.72 bits per heavy atom. The number of guanidine groups is 1. The van der Waals surface area contributed by atoms with E-state index in [9.17, 15) is 4.39 Å². The van der Waals surface area contributed by atoms with Gasteiger partial charge in [-0.3, -0.25) is 9.89 Å². The summed E-state index contributed by atoms with van der Waals surface area (Å²) < 4.78 is 13.5. The van der Waals surface area contributed by atoms with E-state index < -0.39 is 0 Å². The molecule has 5 heteroatoms. The van der Waals surface area contributed by atoms with Gasteiger partial charge in [0.1, 0.15) is 5.82 Å². The predicted octanol–water partition coefficient (Wildman–Crippen LogP) is 2.92. The van der Waals surface area contributed by atoms with Gasteiger partial charge in [-0.05, 0) is 30.5 Å². The number of aliphatic imine (C=N–C) groups is 1. The Hall–Kier alpha value is -1.88. The van der Waals surface area contributed by atoms with Crippen molar-refractivity contribution in [3.63, 3.8) is 0 Å². The van der Waals surface area contributed by atoms with Crippen LogP contribution in [-0.2, 0) is 5.41 Å². The van der Waals surface area contributed by atoms with Crippen LogP contribution in [0.1, 0.15) is 32.3 Å². The summed E-state index contributed by atoms with van der Waals surface area (Å²) in [6.07, 6.45) is 4.16. The smallest absolute Gasteiger partial charge is 0.191 e. The summed E-state index contributed by atoms with van der Waals surface area (Å²) in [6.45, 7) is 11.8. The molecule has 0 aliphatic carbocycles. The fourth-order valence-electron chi connectivity index (χ4n) is 3.15. The molecule has 2 N–H and O–H groups in total. The zero-order valence-electron chi connectivity index (χ0n) is 15.7. The van der Waals surface area contributed by atoms with Gasteiger partial charge in [0.25, 0.3) is 0 Å². The Bertz CT molecular complexity index is 589. The van der Waals surface area contributed by atoms with E-state index in [0.717, 1.165) is 44.0 Å². The largest absolute Gasteiger partial charge is 0.356 e. The molecule has 1 aromatic carbocycles. The van der Waals surface area contributed by atoms with Crippen molar-refractivity contribution in [2.45, 2.75) is 38.1 Å². The highest BCUT2D eigenvalue weighted by atomic mass is 19.1. The van der Waals surface area contributed by atoms with Crippen molar-refractivity contribution in [3.8, 4) is 0 Å². The summed E-state index contributed by atoms with van der Waals surface area (Å²) in [5.74, 6) is 0.617. The van der Waals surface area contributed by atoms with Gasteiger partial charge in [0, 0.05) is 44.7 Å². The first-order chi connectivity index (χ1) is 11.9. The zero-order chi connectivity index (χ0) is 18.3. The van der Waals surface area contributed by atoms with Crippen molar-refractivity contribution < 1.29 is 4.39 Å². The van der Waals surface area contributed by atoms with Crippen molar-refractivity contribution in [1.82, 2.24) is 15.5 Å². The van der Waals surface area contributed by atoms with Crippen LogP contribution in [0.4, 0.5) is 4.39 Å². The molecule has 0 aromatic heterocycles. The van der Waals surface area contributed by atoms with E-state index in [-0.39, 0.29) is 11.2 Å². The second kappa shape index (κ2) is 8.99. The molecule has 0 radical (unpaired) electrons. The van der Waals surface area contributed by atoms with Crippen LogP contribution >= 0.6 is 0 Å². The number of hydrogen-bond donors (Lipinski definition) is 2. The quantitative estimate of drug-likeness (QED) is 0.473. The molecule has 25 heavy (non-hydrogen) atoms. The molecular formula is C20H31FN4. The molecule has 1 aromatic rings. The maximum Gasteiger partial charge on any atom is 0.191 e. The molecule has 1 aliphatic heterocycles. The number of halogens is 1. The van der Waals surface area contributed by atoms with Crippen LogP contribution in [0, 0.1) is 5.82 Å². The van der Waals surface area contributed by atoms with E-state index >= 15 is 0 Å². The summed E-state index contributed by atoms with van der Waals surface area (Å²) in [5.41, 5.74) is 0.792. The van der Waals surface area contributed by atoms with Gasteiger partial charge in [-0.1, -0.05) is 32.1 Å². The van der Waals surface area contributed by atoms with Crippen LogP contribution in [-0.4, -0.2) is 50.1 Å². The molecule has 1 aliphatic rings. The molecule has 0 amide bonds. The summed E-state index contributed by atoms with van der Waals surface area (Å²) in [5, 5.41) is 6.91. The molecule has 138 valence electrons. The Morgan fingerprint density at radius 2 is 2.12 bits per heavy atom. The van der Waals surface area contributed by atoms with Crippen LogP contribution in [0.5, 0.6) is 0 Å². The standard InChI is InChI=1S/C20H31FN4/c1-5-11-25-12-9-18(10-13-25)24-19(22-4)23-15-20(2,3)16-7-6-8-17(21)14-16/h5-8,14,18H,1,9-13,15H2,2-4H3,(H2,22,23,24). The second-order valence-corrected chi connectivity index (χ2v) is 7.33. The van der Waals surface area contributed by atoms with Crippen molar-refractivity contribution in [1.29, 1.82) is 0 Å². The fraction of sp³-hybridized carbons (Fsp3) is 0.550. The molecule has 0 saturated carbocycles. The monoisotopic (exact) mass is 346 g/mol. The third-order valence-electron chi connectivity index (χ3n) is 4.84. The van der Waals surface area contributed by atoms with Crippen LogP contribution in [0.25, 0.3) is 0 Å². The molecule has 0 unspecified atom stereocenters. The van der Waals surface area contributed by atoms with Crippen LogP contribution in [0.2, 0.25) is 0 Å². The summed E-state index contributed by atoms with van der Waals surface area (Å²) >= 11 is 0. The Labute approximate surface area is 151 Å². The van der Waals surface area contributed by atoms with E-state index in [0.29, 0.717) is 12.6 Å². The topological polar surface area (TPSA) is 39.7 Å². The van der Waals surface area contributed by atoms with E-state index in [1.54, 1.807) is 19.2 Å². The molecule has 0 atom stereocenters. The van der Waals surface area contributed by atoms with Gasteiger partial charge in [0.2, 0.25) is 0 Å². The number of hydrogen-bond acceptors (Lipinski definition) is 2. The highest BCUT2D eigenvalue weighted by molar-refractivity contribution is 5.80. The maximum atomic E-state index is 13.5. The van der Waals surface area contributed by atoms with E-state index in [2.05, 4.69) is 41.0 Å². The molecule has 1 saturated heterocycles. The Kier molecular flexibility index (Phi) is 7.00. The van der Waals surface area contributed by atoms with E-state index in [1.807, 2.05) is 12.1 Å². The molecule has 4 nitrogen and oxygen atoms in total. The predicted molar refractivity (Wildman–Crippen MR) is 104 cm³/mol. The molecule has 0 bridgehead atoms. The lowest BCUT2D eigenvalue weighted by Crippen LogP contribution is -2.50.